The first kappa shape index (κ1) is 17.4. The van der Waals surface area contributed by atoms with Crippen molar-refractivity contribution < 1.29 is 13.9 Å². The van der Waals surface area contributed by atoms with E-state index in [0.717, 1.165) is 41.9 Å². The lowest BCUT2D eigenvalue weighted by molar-refractivity contribution is -0.131. The van der Waals surface area contributed by atoms with Crippen LogP contribution in [0.15, 0.2) is 52.9 Å². The SMILES string of the molecule is COc1ccc(CCC(=O)N2CCN(c3nc4ccccc4o3)CC2)cc1. The fraction of sp³-hybridized carbons (Fsp3) is 0.333. The maximum Gasteiger partial charge on any atom is 0.298 e. The highest BCUT2D eigenvalue weighted by molar-refractivity contribution is 5.77. The lowest BCUT2D eigenvalue weighted by Crippen LogP contribution is -2.49. The van der Waals surface area contributed by atoms with Gasteiger partial charge in [0.25, 0.3) is 6.01 Å². The molecule has 3 aromatic rings. The van der Waals surface area contributed by atoms with Crippen LogP contribution >= 0.6 is 0 Å². The van der Waals surface area contributed by atoms with Gasteiger partial charge in [-0.3, -0.25) is 4.79 Å². The number of oxazole rings is 1. The lowest BCUT2D eigenvalue weighted by Gasteiger charge is -2.33. The third-order valence-electron chi connectivity index (χ3n) is 4.97. The molecular weight excluding hydrogens is 342 g/mol. The normalized spacial score (nSPS) is 14.6. The minimum Gasteiger partial charge on any atom is -0.497 e. The number of ether oxygens (including phenoxy) is 1. The average Bonchev–Trinajstić information content (AvgIpc) is 3.17. The molecule has 0 spiro atoms. The molecule has 6 nitrogen and oxygen atoms in total. The van der Waals surface area contributed by atoms with Gasteiger partial charge in [0, 0.05) is 32.6 Å². The topological polar surface area (TPSA) is 58.8 Å². The molecule has 6 heteroatoms. The van der Waals surface area contributed by atoms with Gasteiger partial charge < -0.3 is 19.0 Å². The Morgan fingerprint density at radius 1 is 1.07 bits per heavy atom. The maximum absolute atomic E-state index is 12.5. The molecule has 27 heavy (non-hydrogen) atoms. The number of carbonyl (C=O) groups excluding carboxylic acids is 1. The molecule has 1 aromatic heterocycles. The number of anilines is 1. The molecule has 2 heterocycles. The zero-order chi connectivity index (χ0) is 18.6. The van der Waals surface area contributed by atoms with Crippen LogP contribution in [0.5, 0.6) is 5.75 Å². The number of hydrogen-bond donors (Lipinski definition) is 0. The Morgan fingerprint density at radius 2 is 1.81 bits per heavy atom. The van der Waals surface area contributed by atoms with E-state index >= 15 is 0 Å². The summed E-state index contributed by atoms with van der Waals surface area (Å²) in [5.74, 6) is 1.03. The van der Waals surface area contributed by atoms with E-state index in [2.05, 4.69) is 9.88 Å². The fourth-order valence-corrected chi connectivity index (χ4v) is 3.34. The van der Waals surface area contributed by atoms with E-state index < -0.39 is 0 Å². The minimum absolute atomic E-state index is 0.197. The molecule has 140 valence electrons. The quantitative estimate of drug-likeness (QED) is 0.695. The van der Waals surface area contributed by atoms with Gasteiger partial charge in [-0.15, -0.1) is 0 Å². The molecule has 1 aliphatic rings. The van der Waals surface area contributed by atoms with Gasteiger partial charge in [-0.25, -0.2) is 0 Å². The summed E-state index contributed by atoms with van der Waals surface area (Å²) < 4.78 is 11.0. The number of piperazine rings is 1. The largest absolute Gasteiger partial charge is 0.497 e. The Bertz CT molecular complexity index is 879. The highest BCUT2D eigenvalue weighted by Crippen LogP contribution is 2.22. The fourth-order valence-electron chi connectivity index (χ4n) is 3.34. The number of fused-ring (bicyclic) bond motifs is 1. The van der Waals surface area contributed by atoms with Crippen LogP contribution in [0.4, 0.5) is 6.01 Å². The van der Waals surface area contributed by atoms with Crippen LogP contribution in [-0.2, 0) is 11.2 Å². The van der Waals surface area contributed by atoms with Gasteiger partial charge in [0.1, 0.15) is 11.3 Å². The Morgan fingerprint density at radius 3 is 2.52 bits per heavy atom. The molecule has 0 bridgehead atoms. The molecule has 4 rings (SSSR count). The molecule has 1 aliphatic heterocycles. The predicted octanol–water partition coefficient (Wildman–Crippen LogP) is 3.12. The van der Waals surface area contributed by atoms with E-state index in [4.69, 9.17) is 9.15 Å². The Hall–Kier alpha value is -3.02. The minimum atomic E-state index is 0.197. The van der Waals surface area contributed by atoms with E-state index in [9.17, 15) is 4.79 Å². The number of para-hydroxylation sites is 2. The molecular formula is C21H23N3O3. The number of rotatable bonds is 5. The third kappa shape index (κ3) is 3.89. The van der Waals surface area contributed by atoms with Crippen molar-refractivity contribution in [3.05, 3.63) is 54.1 Å². The van der Waals surface area contributed by atoms with Crippen LogP contribution in [0.2, 0.25) is 0 Å². The Labute approximate surface area is 158 Å². The van der Waals surface area contributed by atoms with Crippen molar-refractivity contribution in [2.45, 2.75) is 12.8 Å². The number of benzene rings is 2. The smallest absolute Gasteiger partial charge is 0.298 e. The van der Waals surface area contributed by atoms with Crippen LogP contribution in [0.3, 0.4) is 0 Å². The van der Waals surface area contributed by atoms with Crippen molar-refractivity contribution in [1.29, 1.82) is 0 Å². The molecule has 2 aromatic carbocycles. The second-order valence-corrected chi connectivity index (χ2v) is 6.68. The summed E-state index contributed by atoms with van der Waals surface area (Å²) >= 11 is 0. The van der Waals surface area contributed by atoms with Gasteiger partial charge in [0.2, 0.25) is 5.91 Å². The zero-order valence-corrected chi connectivity index (χ0v) is 15.4. The predicted molar refractivity (Wildman–Crippen MR) is 104 cm³/mol. The number of nitrogens with zero attached hydrogens (tertiary/aromatic N) is 3. The average molecular weight is 365 g/mol. The molecule has 1 fully saturated rings. The number of carbonyl (C=O) groups is 1. The van der Waals surface area contributed by atoms with Gasteiger partial charge in [0.05, 0.1) is 7.11 Å². The summed E-state index contributed by atoms with van der Waals surface area (Å²) in [6, 6.07) is 16.3. The van der Waals surface area contributed by atoms with Crippen molar-refractivity contribution in [3.8, 4) is 5.75 Å². The lowest BCUT2D eigenvalue weighted by atomic mass is 10.1. The molecule has 0 aliphatic carbocycles. The van der Waals surface area contributed by atoms with Gasteiger partial charge in [-0.1, -0.05) is 24.3 Å². The van der Waals surface area contributed by atoms with E-state index in [1.807, 2.05) is 53.4 Å². The Kier molecular flexibility index (Phi) is 4.96. The van der Waals surface area contributed by atoms with Crippen LogP contribution in [0.25, 0.3) is 11.1 Å². The summed E-state index contributed by atoms with van der Waals surface area (Å²) in [7, 11) is 1.65. The number of amides is 1. The van der Waals surface area contributed by atoms with Crippen LogP contribution in [-0.4, -0.2) is 49.1 Å². The highest BCUT2D eigenvalue weighted by atomic mass is 16.5. The first-order valence-electron chi connectivity index (χ1n) is 9.24. The monoisotopic (exact) mass is 365 g/mol. The summed E-state index contributed by atoms with van der Waals surface area (Å²) in [5, 5.41) is 0. The van der Waals surface area contributed by atoms with Crippen molar-refractivity contribution in [2.24, 2.45) is 0 Å². The maximum atomic E-state index is 12.5. The van der Waals surface area contributed by atoms with Crippen molar-refractivity contribution in [3.63, 3.8) is 0 Å². The van der Waals surface area contributed by atoms with Crippen LogP contribution < -0.4 is 9.64 Å². The summed E-state index contributed by atoms with van der Waals surface area (Å²) in [4.78, 5) is 21.1. The van der Waals surface area contributed by atoms with E-state index in [1.165, 1.54) is 0 Å². The van der Waals surface area contributed by atoms with Gasteiger partial charge in [-0.05, 0) is 36.2 Å². The van der Waals surface area contributed by atoms with Crippen molar-refractivity contribution in [2.75, 3.05) is 38.2 Å². The second-order valence-electron chi connectivity index (χ2n) is 6.68. The first-order valence-corrected chi connectivity index (χ1v) is 9.24. The molecule has 1 saturated heterocycles. The van der Waals surface area contributed by atoms with E-state index in [-0.39, 0.29) is 5.91 Å². The van der Waals surface area contributed by atoms with Crippen molar-refractivity contribution in [1.82, 2.24) is 9.88 Å². The number of hydrogen-bond acceptors (Lipinski definition) is 5. The van der Waals surface area contributed by atoms with Gasteiger partial charge >= 0.3 is 0 Å². The first-order chi connectivity index (χ1) is 13.2. The second kappa shape index (κ2) is 7.70. The standard InChI is InChI=1S/C21H23N3O3/c1-26-17-9-6-16(7-10-17)8-11-20(25)23-12-14-24(15-13-23)21-22-18-4-2-3-5-19(18)27-21/h2-7,9-10H,8,11-15H2,1H3. The molecule has 0 saturated carbocycles. The Balaban J connectivity index is 1.29. The van der Waals surface area contributed by atoms with E-state index in [0.29, 0.717) is 25.5 Å². The summed E-state index contributed by atoms with van der Waals surface area (Å²) in [5.41, 5.74) is 2.81. The zero-order valence-electron chi connectivity index (χ0n) is 15.4. The van der Waals surface area contributed by atoms with Crippen LogP contribution in [0, 0.1) is 0 Å². The molecule has 0 unspecified atom stereocenters. The number of aryl methyl sites for hydroxylation is 1. The molecule has 0 N–H and O–H groups in total. The third-order valence-corrected chi connectivity index (χ3v) is 4.97. The number of methoxy groups -OCH3 is 1. The van der Waals surface area contributed by atoms with Gasteiger partial charge in [0.15, 0.2) is 5.58 Å². The van der Waals surface area contributed by atoms with Crippen molar-refractivity contribution >= 4 is 23.0 Å². The number of aromatic nitrogens is 1. The van der Waals surface area contributed by atoms with Crippen LogP contribution in [0.1, 0.15) is 12.0 Å². The van der Waals surface area contributed by atoms with E-state index in [1.54, 1.807) is 7.11 Å². The molecule has 1 amide bonds. The summed E-state index contributed by atoms with van der Waals surface area (Å²) in [6.07, 6.45) is 1.27. The molecule has 0 radical (unpaired) electrons. The highest BCUT2D eigenvalue weighted by Gasteiger charge is 2.23. The van der Waals surface area contributed by atoms with Gasteiger partial charge in [-0.2, -0.15) is 4.98 Å². The molecule has 0 atom stereocenters. The summed E-state index contributed by atoms with van der Waals surface area (Å²) in [6.45, 7) is 2.86.